The minimum absolute atomic E-state index is 0.0757. The van der Waals surface area contributed by atoms with Crippen molar-refractivity contribution in [3.63, 3.8) is 0 Å². The van der Waals surface area contributed by atoms with Crippen molar-refractivity contribution in [2.24, 2.45) is 0 Å². The maximum absolute atomic E-state index is 13.8. The van der Waals surface area contributed by atoms with Gasteiger partial charge in [0, 0.05) is 0 Å². The Labute approximate surface area is 98.7 Å². The smallest absolute Gasteiger partial charge is 0.273 e. The number of nitrogens with zero attached hydrogens (tertiary/aromatic N) is 1. The number of alkyl halides is 1. The quantitative estimate of drug-likeness (QED) is 0.824. The first-order chi connectivity index (χ1) is 7.79. The van der Waals surface area contributed by atoms with E-state index >= 15 is 0 Å². The third kappa shape index (κ3) is 2.07. The fourth-order valence-corrected chi connectivity index (χ4v) is 1.75. The molecule has 1 aromatic heterocycles. The number of nitrogens with one attached hydrogen (secondary N) is 1. The van der Waals surface area contributed by atoms with Crippen LogP contribution in [-0.2, 0) is 5.67 Å². The number of halogens is 1. The van der Waals surface area contributed by atoms with Crippen LogP contribution in [0.15, 0.2) is 16.9 Å². The van der Waals surface area contributed by atoms with Gasteiger partial charge in [0.05, 0.1) is 11.0 Å². The lowest BCUT2D eigenvalue weighted by Gasteiger charge is -2.13. The van der Waals surface area contributed by atoms with Gasteiger partial charge < -0.3 is 4.98 Å². The highest BCUT2D eigenvalue weighted by Crippen LogP contribution is 2.22. The van der Waals surface area contributed by atoms with Crippen LogP contribution in [0.2, 0.25) is 0 Å². The Kier molecular flexibility index (Phi) is 2.53. The molecule has 0 saturated carbocycles. The monoisotopic (exact) mass is 234 g/mol. The Bertz CT molecular complexity index is 638. The Hall–Kier alpha value is -1.71. The molecule has 3 nitrogen and oxygen atoms in total. The van der Waals surface area contributed by atoms with E-state index in [2.05, 4.69) is 9.97 Å². The van der Waals surface area contributed by atoms with E-state index in [1.807, 2.05) is 26.0 Å². The van der Waals surface area contributed by atoms with Crippen LogP contribution in [0.4, 0.5) is 4.39 Å². The van der Waals surface area contributed by atoms with Crippen LogP contribution < -0.4 is 5.56 Å². The molecule has 0 saturated heterocycles. The number of aromatic amines is 1. The van der Waals surface area contributed by atoms with Gasteiger partial charge in [0.1, 0.15) is 5.69 Å². The minimum atomic E-state index is -1.74. The largest absolute Gasteiger partial charge is 0.319 e. The molecule has 90 valence electrons. The van der Waals surface area contributed by atoms with Gasteiger partial charge in [-0.2, -0.15) is 0 Å². The van der Waals surface area contributed by atoms with Gasteiger partial charge in [0.25, 0.3) is 5.56 Å². The van der Waals surface area contributed by atoms with Crippen molar-refractivity contribution in [2.45, 2.75) is 33.4 Å². The fourth-order valence-electron chi connectivity index (χ4n) is 1.75. The highest BCUT2D eigenvalue weighted by atomic mass is 19.1. The lowest BCUT2D eigenvalue weighted by Crippen LogP contribution is -2.25. The molecule has 1 aromatic carbocycles. The summed E-state index contributed by atoms with van der Waals surface area (Å²) in [5, 5.41) is 0. The summed E-state index contributed by atoms with van der Waals surface area (Å²) in [5.41, 5.74) is 1.13. The molecule has 1 N–H and O–H groups in total. The standard InChI is InChI=1S/C13H15FN2O/c1-7-5-9-10(6-8(7)2)16-12(17)11(15-9)13(3,4)14/h5-6H,1-4H3,(H,16,17). The van der Waals surface area contributed by atoms with Crippen LogP contribution in [0.3, 0.4) is 0 Å². The number of benzene rings is 1. The molecule has 0 aliphatic rings. The van der Waals surface area contributed by atoms with Crippen molar-refractivity contribution in [1.29, 1.82) is 0 Å². The second-order valence-corrected chi connectivity index (χ2v) is 4.84. The number of aromatic nitrogens is 2. The molecule has 0 fully saturated rings. The molecule has 0 spiro atoms. The third-order valence-electron chi connectivity index (χ3n) is 2.87. The Balaban J connectivity index is 2.81. The number of hydrogen-bond donors (Lipinski definition) is 1. The molecule has 0 radical (unpaired) electrons. The topological polar surface area (TPSA) is 45.8 Å². The van der Waals surface area contributed by atoms with Gasteiger partial charge in [-0.05, 0) is 51.0 Å². The molecular weight excluding hydrogens is 219 g/mol. The van der Waals surface area contributed by atoms with Gasteiger partial charge in [-0.15, -0.1) is 0 Å². The van der Waals surface area contributed by atoms with Crippen molar-refractivity contribution in [2.75, 3.05) is 0 Å². The van der Waals surface area contributed by atoms with Crippen molar-refractivity contribution >= 4 is 11.0 Å². The summed E-state index contributed by atoms with van der Waals surface area (Å²) in [5.74, 6) is 0. The number of aryl methyl sites for hydroxylation is 2. The Morgan fingerprint density at radius 3 is 2.41 bits per heavy atom. The van der Waals surface area contributed by atoms with Crippen LogP contribution in [0.1, 0.15) is 30.7 Å². The molecule has 2 rings (SSSR count). The van der Waals surface area contributed by atoms with Crippen molar-refractivity contribution in [1.82, 2.24) is 9.97 Å². The van der Waals surface area contributed by atoms with Gasteiger partial charge in [0.15, 0.2) is 5.67 Å². The molecule has 4 heteroatoms. The summed E-state index contributed by atoms with van der Waals surface area (Å²) in [6.07, 6.45) is 0. The first-order valence-electron chi connectivity index (χ1n) is 5.50. The van der Waals surface area contributed by atoms with E-state index in [9.17, 15) is 9.18 Å². The molecule has 1 heterocycles. The maximum atomic E-state index is 13.8. The number of H-pyrrole nitrogens is 1. The highest BCUT2D eigenvalue weighted by Gasteiger charge is 2.25. The van der Waals surface area contributed by atoms with Gasteiger partial charge >= 0.3 is 0 Å². The van der Waals surface area contributed by atoms with Crippen LogP contribution >= 0.6 is 0 Å². The van der Waals surface area contributed by atoms with Gasteiger partial charge in [-0.25, -0.2) is 9.37 Å². The highest BCUT2D eigenvalue weighted by molar-refractivity contribution is 5.76. The zero-order valence-corrected chi connectivity index (χ0v) is 10.4. The molecule has 0 unspecified atom stereocenters. The summed E-state index contributed by atoms with van der Waals surface area (Å²) < 4.78 is 13.8. The molecule has 0 bridgehead atoms. The van der Waals surface area contributed by atoms with E-state index in [1.54, 1.807) is 0 Å². The number of fused-ring (bicyclic) bond motifs is 1. The third-order valence-corrected chi connectivity index (χ3v) is 2.87. The molecule has 0 amide bonds. The number of rotatable bonds is 1. The van der Waals surface area contributed by atoms with Gasteiger partial charge in [0.2, 0.25) is 0 Å². The summed E-state index contributed by atoms with van der Waals surface area (Å²) in [6.45, 7) is 6.58. The minimum Gasteiger partial charge on any atom is -0.319 e. The Morgan fingerprint density at radius 1 is 1.24 bits per heavy atom. The predicted molar refractivity (Wildman–Crippen MR) is 66.0 cm³/mol. The predicted octanol–water partition coefficient (Wildman–Crippen LogP) is 2.74. The van der Waals surface area contributed by atoms with Gasteiger partial charge in [-0.1, -0.05) is 0 Å². The zero-order valence-electron chi connectivity index (χ0n) is 10.4. The SMILES string of the molecule is Cc1cc2nc(C(C)(C)F)c(=O)[nH]c2cc1C. The normalized spacial score (nSPS) is 12.1. The summed E-state index contributed by atoms with van der Waals surface area (Å²) >= 11 is 0. The molecule has 0 aliphatic carbocycles. The first kappa shape index (κ1) is 11.8. The summed E-state index contributed by atoms with van der Waals surface area (Å²) in [6, 6.07) is 3.71. The first-order valence-corrected chi connectivity index (χ1v) is 5.50. The lowest BCUT2D eigenvalue weighted by atomic mass is 10.1. The number of hydrogen-bond acceptors (Lipinski definition) is 2. The summed E-state index contributed by atoms with van der Waals surface area (Å²) in [4.78, 5) is 18.5. The van der Waals surface area contributed by atoms with E-state index in [1.165, 1.54) is 13.8 Å². The molecule has 2 aromatic rings. The van der Waals surface area contributed by atoms with Crippen molar-refractivity contribution in [3.8, 4) is 0 Å². The van der Waals surface area contributed by atoms with E-state index in [4.69, 9.17) is 0 Å². The maximum Gasteiger partial charge on any atom is 0.273 e. The summed E-state index contributed by atoms with van der Waals surface area (Å²) in [7, 11) is 0. The lowest BCUT2D eigenvalue weighted by molar-refractivity contribution is 0.212. The van der Waals surface area contributed by atoms with Crippen LogP contribution in [0.25, 0.3) is 11.0 Å². The average Bonchev–Trinajstić information content (AvgIpc) is 2.18. The zero-order chi connectivity index (χ0) is 12.8. The molecular formula is C13H15FN2O. The van der Waals surface area contributed by atoms with E-state index in [0.717, 1.165) is 11.1 Å². The van der Waals surface area contributed by atoms with Crippen LogP contribution in [0, 0.1) is 13.8 Å². The van der Waals surface area contributed by atoms with E-state index < -0.39 is 11.2 Å². The molecule has 0 aliphatic heterocycles. The average molecular weight is 234 g/mol. The molecule has 17 heavy (non-hydrogen) atoms. The van der Waals surface area contributed by atoms with Crippen LogP contribution in [0.5, 0.6) is 0 Å². The fraction of sp³-hybridized carbons (Fsp3) is 0.385. The van der Waals surface area contributed by atoms with E-state index in [0.29, 0.717) is 11.0 Å². The Morgan fingerprint density at radius 2 is 1.82 bits per heavy atom. The van der Waals surface area contributed by atoms with Crippen molar-refractivity contribution < 1.29 is 4.39 Å². The van der Waals surface area contributed by atoms with Crippen molar-refractivity contribution in [3.05, 3.63) is 39.3 Å². The molecule has 0 atom stereocenters. The van der Waals surface area contributed by atoms with Crippen LogP contribution in [-0.4, -0.2) is 9.97 Å². The van der Waals surface area contributed by atoms with E-state index in [-0.39, 0.29) is 5.69 Å². The second kappa shape index (κ2) is 3.65. The second-order valence-electron chi connectivity index (χ2n) is 4.84. The van der Waals surface area contributed by atoms with Gasteiger partial charge in [-0.3, -0.25) is 4.79 Å².